The van der Waals surface area contributed by atoms with E-state index < -0.39 is 0 Å². The number of ether oxygens (including phenoxy) is 1. The van der Waals surface area contributed by atoms with Gasteiger partial charge in [0.2, 0.25) is 5.91 Å². The standard InChI is InChI=1S/C17H28N4O3/c22-13-16-12-21(11-15(16)10-20-4-6-24-7-5-20)17(23)3-1-2-14-8-18-19-9-14/h8-9,15-16,22H,1-7,10-13H2,(H,18,19)/t15-,16-/m0/s1. The van der Waals surface area contributed by atoms with Crippen LogP contribution in [0.5, 0.6) is 0 Å². The molecular formula is C17H28N4O3. The van der Waals surface area contributed by atoms with Crippen LogP contribution in [0.1, 0.15) is 18.4 Å². The highest BCUT2D eigenvalue weighted by Gasteiger charge is 2.35. The maximum atomic E-state index is 12.5. The molecule has 2 aliphatic rings. The van der Waals surface area contributed by atoms with Crippen molar-refractivity contribution in [3.63, 3.8) is 0 Å². The molecule has 2 N–H and O–H groups in total. The lowest BCUT2D eigenvalue weighted by atomic mass is 9.96. The average molecular weight is 336 g/mol. The minimum Gasteiger partial charge on any atom is -0.396 e. The number of aromatic amines is 1. The zero-order valence-electron chi connectivity index (χ0n) is 14.2. The van der Waals surface area contributed by atoms with E-state index in [0.717, 1.165) is 57.8 Å². The predicted octanol–water partition coefficient (Wildman–Crippen LogP) is 0.132. The normalized spacial score (nSPS) is 25.3. The number of hydrogen-bond donors (Lipinski definition) is 2. The Kier molecular flexibility index (Phi) is 6.23. The van der Waals surface area contributed by atoms with Crippen molar-refractivity contribution in [1.29, 1.82) is 0 Å². The number of morpholine rings is 1. The van der Waals surface area contributed by atoms with Gasteiger partial charge in [-0.05, 0) is 24.3 Å². The topological polar surface area (TPSA) is 81.7 Å². The number of carbonyl (C=O) groups excluding carboxylic acids is 1. The van der Waals surface area contributed by atoms with Gasteiger partial charge in [0.05, 0.1) is 19.4 Å². The molecule has 0 bridgehead atoms. The highest BCUT2D eigenvalue weighted by molar-refractivity contribution is 5.76. The summed E-state index contributed by atoms with van der Waals surface area (Å²) in [6.45, 7) is 6.05. The van der Waals surface area contributed by atoms with Gasteiger partial charge in [-0.3, -0.25) is 14.8 Å². The molecular weight excluding hydrogens is 308 g/mol. The highest BCUT2D eigenvalue weighted by atomic mass is 16.5. The first-order valence-electron chi connectivity index (χ1n) is 8.92. The van der Waals surface area contributed by atoms with E-state index in [1.165, 1.54) is 0 Å². The van der Waals surface area contributed by atoms with E-state index in [1.54, 1.807) is 6.20 Å². The van der Waals surface area contributed by atoms with Crippen LogP contribution in [0.3, 0.4) is 0 Å². The number of rotatable bonds is 7. The number of aliphatic hydroxyl groups excluding tert-OH is 1. The fourth-order valence-corrected chi connectivity index (χ4v) is 3.69. The van der Waals surface area contributed by atoms with E-state index in [0.29, 0.717) is 18.9 Å². The van der Waals surface area contributed by atoms with E-state index in [2.05, 4.69) is 15.1 Å². The van der Waals surface area contributed by atoms with Crippen molar-refractivity contribution in [1.82, 2.24) is 20.0 Å². The van der Waals surface area contributed by atoms with E-state index >= 15 is 0 Å². The third-order valence-corrected chi connectivity index (χ3v) is 5.17. The van der Waals surface area contributed by atoms with Crippen molar-refractivity contribution >= 4 is 5.91 Å². The maximum absolute atomic E-state index is 12.5. The number of hydrogen-bond acceptors (Lipinski definition) is 5. The lowest BCUT2D eigenvalue weighted by Gasteiger charge is -2.30. The molecule has 2 aliphatic heterocycles. The van der Waals surface area contributed by atoms with Gasteiger partial charge in [-0.15, -0.1) is 0 Å². The van der Waals surface area contributed by atoms with Gasteiger partial charge in [-0.1, -0.05) is 0 Å². The van der Waals surface area contributed by atoms with Gasteiger partial charge in [0.15, 0.2) is 0 Å². The van der Waals surface area contributed by atoms with Crippen LogP contribution in [0.25, 0.3) is 0 Å². The number of likely N-dealkylation sites (tertiary alicyclic amines) is 1. The molecule has 0 spiro atoms. The Balaban J connectivity index is 1.44. The number of aromatic nitrogens is 2. The van der Waals surface area contributed by atoms with E-state index in [4.69, 9.17) is 4.74 Å². The Morgan fingerprint density at radius 2 is 2.12 bits per heavy atom. The smallest absolute Gasteiger partial charge is 0.222 e. The summed E-state index contributed by atoms with van der Waals surface area (Å²) in [6, 6.07) is 0. The van der Waals surface area contributed by atoms with Gasteiger partial charge in [0.25, 0.3) is 0 Å². The Morgan fingerprint density at radius 1 is 1.33 bits per heavy atom. The van der Waals surface area contributed by atoms with Crippen LogP contribution in [0, 0.1) is 11.8 Å². The van der Waals surface area contributed by atoms with Gasteiger partial charge in [0, 0.05) is 57.9 Å². The number of H-pyrrole nitrogens is 1. The molecule has 3 heterocycles. The third kappa shape index (κ3) is 4.55. The van der Waals surface area contributed by atoms with Crippen LogP contribution in [0.2, 0.25) is 0 Å². The number of carbonyl (C=O) groups is 1. The summed E-state index contributed by atoms with van der Waals surface area (Å²) >= 11 is 0. The van der Waals surface area contributed by atoms with Gasteiger partial charge >= 0.3 is 0 Å². The van der Waals surface area contributed by atoms with Crippen molar-refractivity contribution in [2.45, 2.75) is 19.3 Å². The van der Waals surface area contributed by atoms with Crippen LogP contribution in [-0.2, 0) is 16.0 Å². The number of nitrogens with one attached hydrogen (secondary N) is 1. The summed E-state index contributed by atoms with van der Waals surface area (Å²) < 4.78 is 5.39. The number of aliphatic hydroxyl groups is 1. The van der Waals surface area contributed by atoms with Crippen LogP contribution in [0.15, 0.2) is 12.4 Å². The SMILES string of the molecule is O=C(CCCc1cn[nH]c1)N1C[C@@H](CO)[C@@H](CN2CCOCC2)C1. The van der Waals surface area contributed by atoms with Crippen molar-refractivity contribution < 1.29 is 14.6 Å². The zero-order valence-corrected chi connectivity index (χ0v) is 14.2. The molecule has 0 radical (unpaired) electrons. The largest absolute Gasteiger partial charge is 0.396 e. The monoisotopic (exact) mass is 336 g/mol. The average Bonchev–Trinajstić information content (AvgIpc) is 3.25. The van der Waals surface area contributed by atoms with Gasteiger partial charge < -0.3 is 14.7 Å². The fraction of sp³-hybridized carbons (Fsp3) is 0.765. The second kappa shape index (κ2) is 8.60. The van der Waals surface area contributed by atoms with Crippen molar-refractivity contribution in [2.75, 3.05) is 52.5 Å². The van der Waals surface area contributed by atoms with E-state index in [-0.39, 0.29) is 18.4 Å². The molecule has 2 atom stereocenters. The van der Waals surface area contributed by atoms with Crippen LogP contribution in [0.4, 0.5) is 0 Å². The molecule has 1 aromatic rings. The lowest BCUT2D eigenvalue weighted by molar-refractivity contribution is -0.130. The fourth-order valence-electron chi connectivity index (χ4n) is 3.69. The first-order valence-corrected chi connectivity index (χ1v) is 8.92. The molecule has 1 aromatic heterocycles. The maximum Gasteiger partial charge on any atom is 0.222 e. The molecule has 0 aromatic carbocycles. The zero-order chi connectivity index (χ0) is 16.8. The summed E-state index contributed by atoms with van der Waals surface area (Å²) in [6.07, 6.45) is 5.96. The number of aryl methyl sites for hydroxylation is 1. The van der Waals surface area contributed by atoms with E-state index in [1.807, 2.05) is 11.1 Å². The molecule has 7 nitrogen and oxygen atoms in total. The summed E-state index contributed by atoms with van der Waals surface area (Å²) in [5, 5.41) is 16.4. The molecule has 0 unspecified atom stereocenters. The molecule has 7 heteroatoms. The molecule has 24 heavy (non-hydrogen) atoms. The summed E-state index contributed by atoms with van der Waals surface area (Å²) in [5.41, 5.74) is 1.14. The Hall–Kier alpha value is -1.44. The molecule has 2 saturated heterocycles. The van der Waals surface area contributed by atoms with Gasteiger partial charge in [-0.2, -0.15) is 5.10 Å². The Labute approximate surface area is 143 Å². The van der Waals surface area contributed by atoms with Gasteiger partial charge in [0.1, 0.15) is 0 Å². The van der Waals surface area contributed by atoms with Crippen molar-refractivity contribution in [2.24, 2.45) is 11.8 Å². The second-order valence-corrected chi connectivity index (χ2v) is 6.87. The summed E-state index contributed by atoms with van der Waals surface area (Å²) in [5.74, 6) is 0.776. The first kappa shape index (κ1) is 17.4. The molecule has 134 valence electrons. The molecule has 2 fully saturated rings. The van der Waals surface area contributed by atoms with Crippen molar-refractivity contribution in [3.8, 4) is 0 Å². The lowest BCUT2D eigenvalue weighted by Crippen LogP contribution is -2.41. The Bertz CT molecular complexity index is 502. The second-order valence-electron chi connectivity index (χ2n) is 6.87. The number of amides is 1. The molecule has 0 saturated carbocycles. The molecule has 1 amide bonds. The summed E-state index contributed by atoms with van der Waals surface area (Å²) in [7, 11) is 0. The Morgan fingerprint density at radius 3 is 2.83 bits per heavy atom. The quantitative estimate of drug-likeness (QED) is 0.740. The predicted molar refractivity (Wildman–Crippen MR) is 89.4 cm³/mol. The number of nitrogens with zero attached hydrogens (tertiary/aromatic N) is 3. The molecule has 3 rings (SSSR count). The highest BCUT2D eigenvalue weighted by Crippen LogP contribution is 2.25. The van der Waals surface area contributed by atoms with Crippen LogP contribution >= 0.6 is 0 Å². The van der Waals surface area contributed by atoms with Crippen molar-refractivity contribution in [3.05, 3.63) is 18.0 Å². The van der Waals surface area contributed by atoms with Crippen LogP contribution in [-0.4, -0.2) is 83.6 Å². The first-order chi connectivity index (χ1) is 11.8. The van der Waals surface area contributed by atoms with Gasteiger partial charge in [-0.25, -0.2) is 0 Å². The van der Waals surface area contributed by atoms with E-state index in [9.17, 15) is 9.90 Å². The minimum absolute atomic E-state index is 0.161. The summed E-state index contributed by atoms with van der Waals surface area (Å²) in [4.78, 5) is 16.8. The minimum atomic E-state index is 0.161. The van der Waals surface area contributed by atoms with Crippen LogP contribution < -0.4 is 0 Å². The third-order valence-electron chi connectivity index (χ3n) is 5.17. The molecule has 0 aliphatic carbocycles.